The summed E-state index contributed by atoms with van der Waals surface area (Å²) >= 11 is 0. The number of anilines is 3. The van der Waals surface area contributed by atoms with Gasteiger partial charge in [-0.25, -0.2) is 18.2 Å². The molecular formula is C29H33F3N8O2. The maximum Gasteiger partial charge on any atom is 0.318 e. The third-order valence-corrected chi connectivity index (χ3v) is 8.37. The minimum Gasteiger partial charge on any atom is -0.489 e. The smallest absolute Gasteiger partial charge is 0.318 e. The summed E-state index contributed by atoms with van der Waals surface area (Å²) in [7, 11) is 1.41. The first-order chi connectivity index (χ1) is 20.4. The molecule has 1 spiro atoms. The van der Waals surface area contributed by atoms with Crippen LogP contribution in [0.5, 0.6) is 11.8 Å². The van der Waals surface area contributed by atoms with Crippen molar-refractivity contribution >= 4 is 28.2 Å². The van der Waals surface area contributed by atoms with Gasteiger partial charge in [0, 0.05) is 44.0 Å². The summed E-state index contributed by atoms with van der Waals surface area (Å²) < 4.78 is 53.8. The van der Waals surface area contributed by atoms with Gasteiger partial charge in [-0.3, -0.25) is 0 Å². The predicted molar refractivity (Wildman–Crippen MR) is 151 cm³/mol. The highest BCUT2D eigenvalue weighted by atomic mass is 19.1. The summed E-state index contributed by atoms with van der Waals surface area (Å²) in [6.07, 6.45) is 5.74. The van der Waals surface area contributed by atoms with Gasteiger partial charge in [0.15, 0.2) is 17.5 Å². The zero-order valence-corrected chi connectivity index (χ0v) is 23.4. The van der Waals surface area contributed by atoms with E-state index in [0.29, 0.717) is 49.6 Å². The number of hydrogen-bond donors (Lipinski definition) is 2. The van der Waals surface area contributed by atoms with Gasteiger partial charge in [-0.05, 0) is 37.8 Å². The molecule has 5 heterocycles. The van der Waals surface area contributed by atoms with E-state index >= 15 is 4.39 Å². The Bertz CT molecular complexity index is 1500. The van der Waals surface area contributed by atoms with Crippen LogP contribution in [0.4, 0.5) is 30.5 Å². The van der Waals surface area contributed by atoms with Gasteiger partial charge in [-0.1, -0.05) is 6.07 Å². The number of fused-ring (bicyclic) bond motifs is 2. The average Bonchev–Trinajstić information content (AvgIpc) is 3.40. The molecule has 3 aliphatic heterocycles. The topological polar surface area (TPSA) is 111 Å². The minimum atomic E-state index is -0.700. The Hall–Kier alpha value is -3.89. The predicted octanol–water partition coefficient (Wildman–Crippen LogP) is 3.77. The van der Waals surface area contributed by atoms with Gasteiger partial charge in [0.1, 0.15) is 35.6 Å². The number of nitriles is 1. The van der Waals surface area contributed by atoms with Gasteiger partial charge in [-0.15, -0.1) is 0 Å². The van der Waals surface area contributed by atoms with Crippen molar-refractivity contribution in [2.75, 3.05) is 56.2 Å². The van der Waals surface area contributed by atoms with Crippen LogP contribution < -0.4 is 29.9 Å². The van der Waals surface area contributed by atoms with Crippen LogP contribution in [-0.4, -0.2) is 79.1 Å². The van der Waals surface area contributed by atoms with E-state index in [1.165, 1.54) is 43.5 Å². The van der Waals surface area contributed by atoms with E-state index in [9.17, 15) is 8.78 Å². The van der Waals surface area contributed by atoms with Gasteiger partial charge in [0.2, 0.25) is 0 Å². The standard InChI is InChI=1S/C22H21F2N7O2.C7H12FN/c1-32-22-28-18-14(20(29-22)30-8-7-26-13(12-30)5-6-25)11-27-21(17(18)24)31-9-10-33-16-4-2-3-15(23)19(16)31;8-6-4-7(9-5-6)2-1-3-7/h2-4,11,13,26H,5,7-10,12H2,1H3;6,9H,1-5H2. The molecule has 2 atom stereocenters. The summed E-state index contributed by atoms with van der Waals surface area (Å²) in [4.78, 5) is 16.5. The lowest BCUT2D eigenvalue weighted by molar-refractivity contribution is 0.202. The van der Waals surface area contributed by atoms with Crippen LogP contribution >= 0.6 is 0 Å². The number of aromatic nitrogens is 3. The molecule has 7 rings (SSSR count). The molecule has 222 valence electrons. The molecule has 0 radical (unpaired) electrons. The minimum absolute atomic E-state index is 0.0116. The number of halogens is 3. The van der Waals surface area contributed by atoms with Crippen molar-refractivity contribution in [2.45, 2.75) is 49.9 Å². The first-order valence-corrected chi connectivity index (χ1v) is 14.2. The van der Waals surface area contributed by atoms with Crippen LogP contribution in [0.3, 0.4) is 0 Å². The number of nitrogens with zero attached hydrogens (tertiary/aromatic N) is 6. The van der Waals surface area contributed by atoms with E-state index in [4.69, 9.17) is 14.7 Å². The van der Waals surface area contributed by atoms with E-state index in [1.807, 2.05) is 4.90 Å². The van der Waals surface area contributed by atoms with E-state index in [2.05, 4.69) is 31.7 Å². The lowest BCUT2D eigenvalue weighted by Crippen LogP contribution is -2.51. The Labute approximate surface area is 241 Å². The maximum absolute atomic E-state index is 15.9. The number of rotatable bonds is 4. The Kier molecular flexibility index (Phi) is 7.92. The first kappa shape index (κ1) is 28.2. The molecule has 2 N–H and O–H groups in total. The molecule has 1 aliphatic carbocycles. The molecule has 0 bridgehead atoms. The second-order valence-corrected chi connectivity index (χ2v) is 11.1. The second-order valence-electron chi connectivity index (χ2n) is 11.1. The highest BCUT2D eigenvalue weighted by Crippen LogP contribution is 2.41. The maximum atomic E-state index is 15.9. The van der Waals surface area contributed by atoms with E-state index in [1.54, 1.807) is 12.1 Å². The number of methoxy groups -OCH3 is 1. The van der Waals surface area contributed by atoms with Gasteiger partial charge >= 0.3 is 6.01 Å². The van der Waals surface area contributed by atoms with Crippen LogP contribution in [0.1, 0.15) is 32.1 Å². The van der Waals surface area contributed by atoms with Crippen molar-refractivity contribution in [2.24, 2.45) is 0 Å². The van der Waals surface area contributed by atoms with E-state index in [-0.39, 0.29) is 47.8 Å². The molecule has 2 saturated heterocycles. The van der Waals surface area contributed by atoms with E-state index in [0.717, 1.165) is 6.42 Å². The summed E-state index contributed by atoms with van der Waals surface area (Å²) in [5.41, 5.74) is 0.429. The third kappa shape index (κ3) is 5.36. The normalized spacial score (nSPS) is 22.5. The van der Waals surface area contributed by atoms with Crippen molar-refractivity contribution in [3.63, 3.8) is 0 Å². The van der Waals surface area contributed by atoms with Crippen molar-refractivity contribution in [3.05, 3.63) is 36.0 Å². The molecule has 4 aliphatic rings. The number of hydrogen-bond acceptors (Lipinski definition) is 10. The van der Waals surface area contributed by atoms with E-state index < -0.39 is 17.8 Å². The Morgan fingerprint density at radius 3 is 2.76 bits per heavy atom. The number of piperazine rings is 1. The molecule has 2 unspecified atom stereocenters. The lowest BCUT2D eigenvalue weighted by Gasteiger charge is -2.38. The molecule has 3 aromatic rings. The molecule has 1 aromatic carbocycles. The van der Waals surface area contributed by atoms with Gasteiger partial charge in [0.05, 0.1) is 31.5 Å². The lowest BCUT2D eigenvalue weighted by atomic mass is 9.76. The second kappa shape index (κ2) is 11.8. The first-order valence-electron chi connectivity index (χ1n) is 14.2. The molecule has 3 fully saturated rings. The fourth-order valence-corrected chi connectivity index (χ4v) is 6.12. The van der Waals surface area contributed by atoms with Crippen LogP contribution in [0.25, 0.3) is 10.9 Å². The molecular weight excluding hydrogens is 549 g/mol. The SMILES string of the molecule is COc1nc(N2CCNC(CC#N)C2)c2cnc(N3CCOc4cccc(F)c43)c(F)c2n1.FC1CNC2(CCC2)C1. The highest BCUT2D eigenvalue weighted by molar-refractivity contribution is 5.92. The van der Waals surface area contributed by atoms with Gasteiger partial charge in [-0.2, -0.15) is 15.2 Å². The largest absolute Gasteiger partial charge is 0.489 e. The zero-order chi connectivity index (χ0) is 29.3. The molecule has 42 heavy (non-hydrogen) atoms. The third-order valence-electron chi connectivity index (χ3n) is 8.37. The van der Waals surface area contributed by atoms with Gasteiger partial charge < -0.3 is 29.9 Å². The summed E-state index contributed by atoms with van der Waals surface area (Å²) in [5.74, 6) is -0.472. The quantitative estimate of drug-likeness (QED) is 0.472. The average molecular weight is 583 g/mol. The van der Waals surface area contributed by atoms with Crippen LogP contribution in [-0.2, 0) is 0 Å². The Balaban J connectivity index is 0.000000296. The molecule has 1 saturated carbocycles. The summed E-state index contributed by atoms with van der Waals surface area (Å²) in [5, 5.41) is 16.0. The molecule has 0 amide bonds. The number of nitrogens with one attached hydrogen (secondary N) is 2. The monoisotopic (exact) mass is 582 g/mol. The van der Waals surface area contributed by atoms with Crippen molar-refractivity contribution < 1.29 is 22.6 Å². The van der Waals surface area contributed by atoms with Crippen LogP contribution in [0.15, 0.2) is 24.4 Å². The van der Waals surface area contributed by atoms with Crippen molar-refractivity contribution in [1.29, 1.82) is 5.26 Å². The number of alkyl halides is 1. The number of para-hydroxylation sites is 1. The highest BCUT2D eigenvalue weighted by Gasteiger charge is 2.43. The van der Waals surface area contributed by atoms with Crippen LogP contribution in [0, 0.1) is 23.0 Å². The number of benzene rings is 1. The molecule has 13 heteroatoms. The molecule has 2 aromatic heterocycles. The van der Waals surface area contributed by atoms with Gasteiger partial charge in [0.25, 0.3) is 0 Å². The fourth-order valence-electron chi connectivity index (χ4n) is 6.12. The van der Waals surface area contributed by atoms with Crippen LogP contribution in [0.2, 0.25) is 0 Å². The zero-order valence-electron chi connectivity index (χ0n) is 23.4. The summed E-state index contributed by atoms with van der Waals surface area (Å²) in [6.45, 7) is 2.87. The summed E-state index contributed by atoms with van der Waals surface area (Å²) in [6, 6.07) is 6.61. The molecule has 10 nitrogen and oxygen atoms in total. The fraction of sp³-hybridized carbons (Fsp3) is 0.517. The Morgan fingerprint density at radius 1 is 1.21 bits per heavy atom. The Morgan fingerprint density at radius 2 is 2.07 bits per heavy atom. The van der Waals surface area contributed by atoms with Crippen molar-refractivity contribution in [3.8, 4) is 17.8 Å². The van der Waals surface area contributed by atoms with Crippen molar-refractivity contribution in [1.82, 2.24) is 25.6 Å². The number of pyridine rings is 1. The number of ether oxygens (including phenoxy) is 2.